The van der Waals surface area contributed by atoms with E-state index in [0.29, 0.717) is 0 Å². The summed E-state index contributed by atoms with van der Waals surface area (Å²) in [5.41, 5.74) is -0.364. The SMILES string of the molecule is CCOC(=O)CSC1CC(=O)N(c2ccccc2[N+](=O)[O-])C1=O. The molecule has 0 aromatic heterocycles. The van der Waals surface area contributed by atoms with Crippen LogP contribution in [0.25, 0.3) is 0 Å². The number of nitrogens with zero attached hydrogens (tertiary/aromatic N) is 2. The monoisotopic (exact) mass is 338 g/mol. The number of carbonyl (C=O) groups is 3. The van der Waals surface area contributed by atoms with Gasteiger partial charge in [-0.05, 0) is 13.0 Å². The standard InChI is InChI=1S/C14H14N2O6S/c1-2-22-13(18)8-23-11-7-12(17)15(14(11)19)9-5-3-4-6-10(9)16(20)21/h3-6,11H,2,7-8H2,1H3. The van der Waals surface area contributed by atoms with Crippen molar-refractivity contribution in [1.82, 2.24) is 0 Å². The average molecular weight is 338 g/mol. The maximum atomic E-state index is 12.4. The molecule has 0 spiro atoms. The highest BCUT2D eigenvalue weighted by molar-refractivity contribution is 8.01. The highest BCUT2D eigenvalue weighted by Crippen LogP contribution is 2.34. The fourth-order valence-electron chi connectivity index (χ4n) is 2.17. The van der Waals surface area contributed by atoms with E-state index in [-0.39, 0.29) is 30.2 Å². The predicted octanol–water partition coefficient (Wildman–Crippen LogP) is 1.52. The number of imide groups is 1. The Bertz CT molecular complexity index is 662. The van der Waals surface area contributed by atoms with Gasteiger partial charge in [-0.3, -0.25) is 24.5 Å². The minimum absolute atomic E-state index is 0.0493. The third-order valence-corrected chi connectivity index (χ3v) is 4.31. The number of nitro groups is 1. The number of hydrogen-bond acceptors (Lipinski definition) is 7. The second-order valence-electron chi connectivity index (χ2n) is 4.62. The molecule has 1 saturated heterocycles. The maximum Gasteiger partial charge on any atom is 0.315 e. The van der Waals surface area contributed by atoms with E-state index in [2.05, 4.69) is 0 Å². The summed E-state index contributed by atoms with van der Waals surface area (Å²) in [5.74, 6) is -1.60. The summed E-state index contributed by atoms with van der Waals surface area (Å²) in [6, 6.07) is 5.56. The highest BCUT2D eigenvalue weighted by Gasteiger charge is 2.42. The summed E-state index contributed by atoms with van der Waals surface area (Å²) < 4.78 is 4.77. The Morgan fingerprint density at radius 1 is 1.43 bits per heavy atom. The van der Waals surface area contributed by atoms with Crippen molar-refractivity contribution in [2.75, 3.05) is 17.3 Å². The fraction of sp³-hybridized carbons (Fsp3) is 0.357. The molecule has 0 N–H and O–H groups in total. The third kappa shape index (κ3) is 3.67. The zero-order chi connectivity index (χ0) is 17.0. The number of rotatable bonds is 6. The van der Waals surface area contributed by atoms with Crippen molar-refractivity contribution in [3.63, 3.8) is 0 Å². The van der Waals surface area contributed by atoms with Gasteiger partial charge in [-0.2, -0.15) is 0 Å². The Labute approximate surface area is 135 Å². The number of para-hydroxylation sites is 2. The Balaban J connectivity index is 2.16. The number of esters is 1. The van der Waals surface area contributed by atoms with Crippen LogP contribution in [0.2, 0.25) is 0 Å². The molecular weight excluding hydrogens is 324 g/mol. The van der Waals surface area contributed by atoms with Crippen LogP contribution in [0.5, 0.6) is 0 Å². The number of amides is 2. The molecule has 1 fully saturated rings. The van der Waals surface area contributed by atoms with Crippen LogP contribution in [0.3, 0.4) is 0 Å². The molecule has 1 aromatic rings. The molecule has 1 aliphatic heterocycles. The van der Waals surface area contributed by atoms with Crippen LogP contribution in [0.4, 0.5) is 11.4 Å². The lowest BCUT2D eigenvalue weighted by Crippen LogP contribution is -2.32. The first-order valence-corrected chi connectivity index (χ1v) is 7.88. The van der Waals surface area contributed by atoms with E-state index in [1.807, 2.05) is 0 Å². The number of benzene rings is 1. The molecule has 1 heterocycles. The van der Waals surface area contributed by atoms with E-state index >= 15 is 0 Å². The molecule has 0 saturated carbocycles. The lowest BCUT2D eigenvalue weighted by atomic mass is 10.2. The molecule has 1 atom stereocenters. The first kappa shape index (κ1) is 16.9. The van der Waals surface area contributed by atoms with Crippen LogP contribution < -0.4 is 4.90 Å². The molecule has 8 nitrogen and oxygen atoms in total. The number of carbonyl (C=O) groups excluding carboxylic acids is 3. The van der Waals surface area contributed by atoms with Gasteiger partial charge in [0.1, 0.15) is 5.69 Å². The van der Waals surface area contributed by atoms with Crippen molar-refractivity contribution in [1.29, 1.82) is 0 Å². The van der Waals surface area contributed by atoms with E-state index in [4.69, 9.17) is 4.74 Å². The van der Waals surface area contributed by atoms with Gasteiger partial charge in [-0.15, -0.1) is 11.8 Å². The van der Waals surface area contributed by atoms with Crippen LogP contribution >= 0.6 is 11.8 Å². The fourth-order valence-corrected chi connectivity index (χ4v) is 3.10. The third-order valence-electron chi connectivity index (χ3n) is 3.13. The Morgan fingerprint density at radius 2 is 2.13 bits per heavy atom. The van der Waals surface area contributed by atoms with E-state index in [1.54, 1.807) is 6.92 Å². The van der Waals surface area contributed by atoms with E-state index in [0.717, 1.165) is 16.7 Å². The summed E-state index contributed by atoms with van der Waals surface area (Å²) in [6.45, 7) is 1.91. The van der Waals surface area contributed by atoms with Gasteiger partial charge in [0.25, 0.3) is 5.69 Å². The van der Waals surface area contributed by atoms with Gasteiger partial charge < -0.3 is 4.74 Å². The molecule has 23 heavy (non-hydrogen) atoms. The first-order chi connectivity index (χ1) is 11.0. The highest BCUT2D eigenvalue weighted by atomic mass is 32.2. The molecule has 1 aliphatic rings. The van der Waals surface area contributed by atoms with Gasteiger partial charge in [-0.1, -0.05) is 12.1 Å². The summed E-state index contributed by atoms with van der Waals surface area (Å²) in [6.07, 6.45) is -0.102. The summed E-state index contributed by atoms with van der Waals surface area (Å²) in [7, 11) is 0. The minimum Gasteiger partial charge on any atom is -0.465 e. The number of ether oxygens (including phenoxy) is 1. The molecule has 1 aromatic carbocycles. The summed E-state index contributed by atoms with van der Waals surface area (Å²) >= 11 is 1.00. The number of thioether (sulfide) groups is 1. The van der Waals surface area contributed by atoms with Crippen molar-refractivity contribution < 1.29 is 24.0 Å². The molecule has 9 heteroatoms. The molecule has 0 aliphatic carbocycles. The van der Waals surface area contributed by atoms with Crippen molar-refractivity contribution in [3.8, 4) is 0 Å². The topological polar surface area (TPSA) is 107 Å². The Hall–Kier alpha value is -2.42. The largest absolute Gasteiger partial charge is 0.465 e. The van der Waals surface area contributed by atoms with Crippen molar-refractivity contribution in [2.24, 2.45) is 0 Å². The zero-order valence-corrected chi connectivity index (χ0v) is 13.1. The second-order valence-corrected chi connectivity index (χ2v) is 5.81. The summed E-state index contributed by atoms with van der Waals surface area (Å²) in [5, 5.41) is 10.3. The van der Waals surface area contributed by atoms with Crippen LogP contribution in [0.15, 0.2) is 24.3 Å². The van der Waals surface area contributed by atoms with Crippen LogP contribution in [0, 0.1) is 10.1 Å². The van der Waals surface area contributed by atoms with Crippen LogP contribution in [-0.2, 0) is 19.1 Å². The molecule has 2 amide bonds. The van der Waals surface area contributed by atoms with E-state index in [1.165, 1.54) is 24.3 Å². The Morgan fingerprint density at radius 3 is 2.78 bits per heavy atom. The van der Waals surface area contributed by atoms with Crippen molar-refractivity contribution >= 4 is 40.9 Å². The number of anilines is 1. The van der Waals surface area contributed by atoms with Gasteiger partial charge in [-0.25, -0.2) is 4.90 Å². The normalized spacial score (nSPS) is 17.4. The average Bonchev–Trinajstić information content (AvgIpc) is 2.79. The van der Waals surface area contributed by atoms with E-state index in [9.17, 15) is 24.5 Å². The van der Waals surface area contributed by atoms with Crippen molar-refractivity contribution in [2.45, 2.75) is 18.6 Å². The lowest BCUT2D eigenvalue weighted by molar-refractivity contribution is -0.384. The van der Waals surface area contributed by atoms with E-state index < -0.39 is 28.0 Å². The first-order valence-electron chi connectivity index (χ1n) is 6.83. The molecule has 0 radical (unpaired) electrons. The predicted molar refractivity (Wildman–Crippen MR) is 83.1 cm³/mol. The molecule has 122 valence electrons. The number of hydrogen-bond donors (Lipinski definition) is 0. The minimum atomic E-state index is -0.744. The zero-order valence-electron chi connectivity index (χ0n) is 12.3. The van der Waals surface area contributed by atoms with Gasteiger partial charge >= 0.3 is 5.97 Å². The van der Waals surface area contributed by atoms with Gasteiger partial charge in [0, 0.05) is 12.5 Å². The molecular formula is C14H14N2O6S. The molecule has 1 unspecified atom stereocenters. The number of nitro benzene ring substituents is 1. The summed E-state index contributed by atoms with van der Waals surface area (Å²) in [4.78, 5) is 47.0. The second kappa shape index (κ2) is 7.23. The van der Waals surface area contributed by atoms with Crippen LogP contribution in [-0.4, -0.2) is 40.3 Å². The van der Waals surface area contributed by atoms with Crippen molar-refractivity contribution in [3.05, 3.63) is 34.4 Å². The smallest absolute Gasteiger partial charge is 0.315 e. The van der Waals surface area contributed by atoms with Crippen LogP contribution in [0.1, 0.15) is 13.3 Å². The van der Waals surface area contributed by atoms with Gasteiger partial charge in [0.05, 0.1) is 22.5 Å². The molecule has 0 bridgehead atoms. The van der Waals surface area contributed by atoms with Gasteiger partial charge in [0.15, 0.2) is 0 Å². The quantitative estimate of drug-likeness (QED) is 0.335. The maximum absolute atomic E-state index is 12.4. The lowest BCUT2D eigenvalue weighted by Gasteiger charge is -2.14. The Kier molecular flexibility index (Phi) is 5.32. The van der Waals surface area contributed by atoms with Gasteiger partial charge in [0.2, 0.25) is 11.8 Å². The molecule has 2 rings (SSSR count).